The maximum absolute atomic E-state index is 11.8. The molecular formula is C16H18N2O3. The van der Waals surface area contributed by atoms with Crippen LogP contribution in [0.1, 0.15) is 33.5 Å². The van der Waals surface area contributed by atoms with Crippen molar-refractivity contribution >= 4 is 5.97 Å². The highest BCUT2D eigenvalue weighted by Crippen LogP contribution is 2.29. The van der Waals surface area contributed by atoms with Gasteiger partial charge in [-0.1, -0.05) is 24.3 Å². The number of aromatic nitrogens is 2. The van der Waals surface area contributed by atoms with Crippen LogP contribution < -0.4 is 0 Å². The van der Waals surface area contributed by atoms with Crippen molar-refractivity contribution in [3.8, 4) is 0 Å². The molecule has 3 rings (SSSR count). The van der Waals surface area contributed by atoms with Crippen molar-refractivity contribution in [2.45, 2.75) is 26.0 Å². The van der Waals surface area contributed by atoms with Crippen LogP contribution in [0, 0.1) is 6.92 Å². The third-order valence-corrected chi connectivity index (χ3v) is 3.89. The van der Waals surface area contributed by atoms with Gasteiger partial charge in [-0.3, -0.25) is 0 Å². The number of fused-ring (bicyclic) bond motifs is 1. The Morgan fingerprint density at radius 2 is 2.29 bits per heavy atom. The van der Waals surface area contributed by atoms with E-state index in [-0.39, 0.29) is 12.1 Å². The van der Waals surface area contributed by atoms with Crippen molar-refractivity contribution < 1.29 is 14.3 Å². The Morgan fingerprint density at radius 3 is 3.10 bits per heavy atom. The van der Waals surface area contributed by atoms with Crippen LogP contribution in [0.25, 0.3) is 0 Å². The molecule has 5 heteroatoms. The van der Waals surface area contributed by atoms with Gasteiger partial charge < -0.3 is 14.0 Å². The summed E-state index contributed by atoms with van der Waals surface area (Å²) >= 11 is 0. The first-order chi connectivity index (χ1) is 10.2. The van der Waals surface area contributed by atoms with Crippen LogP contribution in [0.2, 0.25) is 0 Å². The predicted molar refractivity (Wildman–Crippen MR) is 77.1 cm³/mol. The SMILES string of the molecule is COC(=O)c1cnc(C)n1CC1OCCc2ccccc21. The van der Waals surface area contributed by atoms with Crippen LogP contribution in [0.5, 0.6) is 0 Å². The quantitative estimate of drug-likeness (QED) is 0.812. The second kappa shape index (κ2) is 5.69. The number of hydrogen-bond donors (Lipinski definition) is 0. The van der Waals surface area contributed by atoms with Crippen molar-refractivity contribution in [1.29, 1.82) is 0 Å². The molecule has 5 nitrogen and oxygen atoms in total. The Kier molecular flexibility index (Phi) is 3.75. The summed E-state index contributed by atoms with van der Waals surface area (Å²) in [6.45, 7) is 3.14. The van der Waals surface area contributed by atoms with Crippen molar-refractivity contribution in [1.82, 2.24) is 9.55 Å². The lowest BCUT2D eigenvalue weighted by Crippen LogP contribution is -2.23. The maximum Gasteiger partial charge on any atom is 0.356 e. The Bertz CT molecular complexity index is 663. The molecule has 1 aliphatic heterocycles. The molecule has 0 bridgehead atoms. The lowest BCUT2D eigenvalue weighted by atomic mass is 9.97. The van der Waals surface area contributed by atoms with Crippen molar-refractivity contribution in [3.63, 3.8) is 0 Å². The second-order valence-corrected chi connectivity index (χ2v) is 5.10. The highest BCUT2D eigenvalue weighted by molar-refractivity contribution is 5.87. The normalized spacial score (nSPS) is 17.3. The predicted octanol–water partition coefficient (Wildman–Crippen LogP) is 2.29. The van der Waals surface area contributed by atoms with E-state index in [0.29, 0.717) is 18.8 Å². The fourth-order valence-electron chi connectivity index (χ4n) is 2.76. The minimum Gasteiger partial charge on any atom is -0.464 e. The minimum atomic E-state index is -0.375. The van der Waals surface area contributed by atoms with Gasteiger partial charge in [0.2, 0.25) is 0 Å². The summed E-state index contributed by atoms with van der Waals surface area (Å²) in [7, 11) is 1.38. The number of carbonyl (C=O) groups is 1. The second-order valence-electron chi connectivity index (χ2n) is 5.10. The summed E-state index contributed by atoms with van der Waals surface area (Å²) in [5, 5.41) is 0. The van der Waals surface area contributed by atoms with Crippen molar-refractivity contribution in [2.24, 2.45) is 0 Å². The van der Waals surface area contributed by atoms with E-state index in [0.717, 1.165) is 12.2 Å². The van der Waals surface area contributed by atoms with Crippen LogP contribution in [-0.2, 0) is 22.4 Å². The molecule has 2 aromatic rings. The van der Waals surface area contributed by atoms with Gasteiger partial charge in [0, 0.05) is 0 Å². The van der Waals surface area contributed by atoms with Crippen molar-refractivity contribution in [2.75, 3.05) is 13.7 Å². The summed E-state index contributed by atoms with van der Waals surface area (Å²) in [4.78, 5) is 16.0. The largest absolute Gasteiger partial charge is 0.464 e. The fraction of sp³-hybridized carbons (Fsp3) is 0.375. The van der Waals surface area contributed by atoms with Gasteiger partial charge in [-0.25, -0.2) is 9.78 Å². The number of aryl methyl sites for hydroxylation is 1. The van der Waals surface area contributed by atoms with Gasteiger partial charge in [0.25, 0.3) is 0 Å². The van der Waals surface area contributed by atoms with Gasteiger partial charge in [0.1, 0.15) is 17.6 Å². The molecule has 1 aromatic carbocycles. The number of rotatable bonds is 3. The first-order valence-corrected chi connectivity index (χ1v) is 7.00. The molecule has 1 aliphatic rings. The fourth-order valence-corrected chi connectivity index (χ4v) is 2.76. The number of ether oxygens (including phenoxy) is 2. The van der Waals surface area contributed by atoms with E-state index in [1.807, 2.05) is 23.6 Å². The van der Waals surface area contributed by atoms with Crippen molar-refractivity contribution in [3.05, 3.63) is 53.1 Å². The van der Waals surface area contributed by atoms with Crippen LogP contribution in [0.15, 0.2) is 30.5 Å². The van der Waals surface area contributed by atoms with Gasteiger partial charge in [-0.2, -0.15) is 0 Å². The molecule has 21 heavy (non-hydrogen) atoms. The Labute approximate surface area is 123 Å². The summed E-state index contributed by atoms with van der Waals surface area (Å²) < 4.78 is 12.6. The summed E-state index contributed by atoms with van der Waals surface area (Å²) in [5.74, 6) is 0.404. The molecule has 1 aromatic heterocycles. The zero-order chi connectivity index (χ0) is 14.8. The molecule has 1 unspecified atom stereocenters. The summed E-state index contributed by atoms with van der Waals surface area (Å²) in [6, 6.07) is 8.28. The Morgan fingerprint density at radius 1 is 1.48 bits per heavy atom. The van der Waals surface area contributed by atoms with Gasteiger partial charge >= 0.3 is 5.97 Å². The third-order valence-electron chi connectivity index (χ3n) is 3.89. The molecule has 1 atom stereocenters. The van der Waals surface area contributed by atoms with Crippen LogP contribution in [0.4, 0.5) is 0 Å². The summed E-state index contributed by atoms with van der Waals surface area (Å²) in [6.07, 6.45) is 2.42. The first kappa shape index (κ1) is 13.8. The van der Waals surface area contributed by atoms with Gasteiger partial charge in [-0.05, 0) is 24.5 Å². The van der Waals surface area contributed by atoms with E-state index < -0.39 is 0 Å². The molecule has 0 spiro atoms. The number of nitrogens with zero attached hydrogens (tertiary/aromatic N) is 2. The van der Waals surface area contributed by atoms with Crippen LogP contribution >= 0.6 is 0 Å². The van der Waals surface area contributed by atoms with Gasteiger partial charge in [-0.15, -0.1) is 0 Å². The molecule has 0 amide bonds. The molecule has 0 saturated heterocycles. The zero-order valence-corrected chi connectivity index (χ0v) is 12.2. The highest BCUT2D eigenvalue weighted by Gasteiger charge is 2.24. The monoisotopic (exact) mass is 286 g/mol. The first-order valence-electron chi connectivity index (χ1n) is 7.00. The molecule has 0 radical (unpaired) electrons. The van der Waals surface area contributed by atoms with Crippen LogP contribution in [-0.4, -0.2) is 29.2 Å². The average Bonchev–Trinajstić information content (AvgIpc) is 2.88. The topological polar surface area (TPSA) is 53.3 Å². The molecule has 0 fully saturated rings. The third kappa shape index (κ3) is 2.56. The lowest BCUT2D eigenvalue weighted by molar-refractivity contribution is 0.0287. The number of imidazole rings is 1. The molecule has 110 valence electrons. The smallest absolute Gasteiger partial charge is 0.356 e. The van der Waals surface area contributed by atoms with E-state index in [1.165, 1.54) is 18.2 Å². The lowest BCUT2D eigenvalue weighted by Gasteiger charge is -2.27. The van der Waals surface area contributed by atoms with E-state index in [2.05, 4.69) is 17.1 Å². The molecule has 0 N–H and O–H groups in total. The number of methoxy groups -OCH3 is 1. The van der Waals surface area contributed by atoms with E-state index in [1.54, 1.807) is 6.20 Å². The summed E-state index contributed by atoms with van der Waals surface area (Å²) in [5.41, 5.74) is 2.96. The van der Waals surface area contributed by atoms with Gasteiger partial charge in [0.15, 0.2) is 0 Å². The highest BCUT2D eigenvalue weighted by atomic mass is 16.5. The van der Waals surface area contributed by atoms with E-state index in [4.69, 9.17) is 9.47 Å². The minimum absolute atomic E-state index is 0.0637. The standard InChI is InChI=1S/C16H18N2O3/c1-11-17-9-14(16(19)20-2)18(11)10-15-13-6-4-3-5-12(13)7-8-21-15/h3-6,9,15H,7-8,10H2,1-2H3. The molecule has 0 saturated carbocycles. The van der Waals surface area contributed by atoms with E-state index in [9.17, 15) is 4.79 Å². The zero-order valence-electron chi connectivity index (χ0n) is 12.2. The number of hydrogen-bond acceptors (Lipinski definition) is 4. The Balaban J connectivity index is 1.92. The number of carbonyl (C=O) groups excluding carboxylic acids is 1. The average molecular weight is 286 g/mol. The van der Waals surface area contributed by atoms with Crippen LogP contribution in [0.3, 0.4) is 0 Å². The van der Waals surface area contributed by atoms with Gasteiger partial charge in [0.05, 0.1) is 26.5 Å². The molecular weight excluding hydrogens is 268 g/mol. The maximum atomic E-state index is 11.8. The number of esters is 1. The number of benzene rings is 1. The molecule has 0 aliphatic carbocycles. The Hall–Kier alpha value is -2.14. The molecule has 2 heterocycles. The van der Waals surface area contributed by atoms with E-state index >= 15 is 0 Å².